The molecule has 0 N–H and O–H groups in total. The first-order valence-corrected chi connectivity index (χ1v) is 11.8. The van der Waals surface area contributed by atoms with Gasteiger partial charge in [-0.05, 0) is 56.3 Å². The molecule has 1 aromatic heterocycles. The third-order valence-corrected chi connectivity index (χ3v) is 7.95. The number of fused-ring (bicyclic) bond motifs is 1. The molecule has 0 saturated heterocycles. The van der Waals surface area contributed by atoms with E-state index in [4.69, 9.17) is 4.74 Å². The molecule has 3 rings (SSSR count). The van der Waals surface area contributed by atoms with E-state index in [2.05, 4.69) is 4.99 Å². The van der Waals surface area contributed by atoms with Gasteiger partial charge < -0.3 is 9.30 Å². The molecule has 0 aliphatic heterocycles. The van der Waals surface area contributed by atoms with Crippen molar-refractivity contribution in [1.29, 1.82) is 0 Å². The minimum Gasteiger partial charge on any atom is -0.468 e. The maximum Gasteiger partial charge on any atom is 0.325 e. The van der Waals surface area contributed by atoms with Crippen molar-refractivity contribution in [2.45, 2.75) is 31.3 Å². The summed E-state index contributed by atoms with van der Waals surface area (Å²) in [7, 11) is -0.955. The van der Waals surface area contributed by atoms with Gasteiger partial charge in [0.05, 0.1) is 22.2 Å². The van der Waals surface area contributed by atoms with E-state index < -0.39 is 27.7 Å². The van der Waals surface area contributed by atoms with E-state index in [9.17, 15) is 22.4 Å². The molecule has 8 nitrogen and oxygen atoms in total. The van der Waals surface area contributed by atoms with E-state index >= 15 is 0 Å². The molecule has 0 aliphatic carbocycles. The first kappa shape index (κ1) is 23.8. The molecule has 0 bridgehead atoms. The number of nitrogens with zero attached hydrogens (tertiary/aromatic N) is 3. The summed E-state index contributed by atoms with van der Waals surface area (Å²) in [6, 6.07) is 9.27. The fraction of sp³-hybridized carbons (Fsp3) is 0.286. The average molecular weight is 480 g/mol. The second kappa shape index (κ2) is 9.31. The molecule has 1 amide bonds. The minimum atomic E-state index is -3.68. The largest absolute Gasteiger partial charge is 0.468 e. The zero-order chi connectivity index (χ0) is 23.6. The maximum absolute atomic E-state index is 13.6. The minimum absolute atomic E-state index is 0.0587. The molecule has 0 saturated carbocycles. The lowest BCUT2D eigenvalue weighted by molar-refractivity contribution is -0.141. The number of esters is 1. The van der Waals surface area contributed by atoms with Gasteiger partial charge in [-0.15, -0.1) is 0 Å². The van der Waals surface area contributed by atoms with Gasteiger partial charge in [-0.25, -0.2) is 12.8 Å². The summed E-state index contributed by atoms with van der Waals surface area (Å²) in [5.74, 6) is -1.63. The fourth-order valence-electron chi connectivity index (χ4n) is 2.84. The number of rotatable bonds is 6. The monoisotopic (exact) mass is 479 g/mol. The van der Waals surface area contributed by atoms with Crippen molar-refractivity contribution in [3.8, 4) is 0 Å². The second-order valence-electron chi connectivity index (χ2n) is 7.22. The Hall–Kier alpha value is -2.89. The van der Waals surface area contributed by atoms with Crippen LogP contribution < -0.4 is 4.80 Å². The Labute approximate surface area is 188 Å². The van der Waals surface area contributed by atoms with Gasteiger partial charge in [-0.2, -0.15) is 9.30 Å². The van der Waals surface area contributed by atoms with Crippen molar-refractivity contribution in [3.63, 3.8) is 0 Å². The van der Waals surface area contributed by atoms with Gasteiger partial charge in [0, 0.05) is 18.7 Å². The first-order valence-electron chi connectivity index (χ1n) is 9.57. The lowest BCUT2D eigenvalue weighted by atomic mass is 10.2. The number of sulfonamides is 1. The molecule has 170 valence electrons. The van der Waals surface area contributed by atoms with Crippen LogP contribution in [0.25, 0.3) is 10.2 Å². The van der Waals surface area contributed by atoms with Crippen LogP contribution >= 0.6 is 11.3 Å². The number of benzene rings is 2. The van der Waals surface area contributed by atoms with E-state index in [1.807, 2.05) is 0 Å². The number of carbonyl (C=O) groups excluding carboxylic acids is 2. The predicted octanol–water partition coefficient (Wildman–Crippen LogP) is 2.78. The molecule has 0 radical (unpaired) electrons. The topological polar surface area (TPSA) is 98.0 Å². The highest BCUT2D eigenvalue weighted by molar-refractivity contribution is 7.89. The number of halogens is 1. The number of hydrogen-bond acceptors (Lipinski definition) is 6. The Morgan fingerprint density at radius 3 is 2.44 bits per heavy atom. The third kappa shape index (κ3) is 4.79. The zero-order valence-electron chi connectivity index (χ0n) is 17.9. The van der Waals surface area contributed by atoms with Crippen molar-refractivity contribution in [3.05, 3.63) is 58.6 Å². The summed E-state index contributed by atoms with van der Waals surface area (Å²) in [6.07, 6.45) is 0. The highest BCUT2D eigenvalue weighted by atomic mass is 32.2. The van der Waals surface area contributed by atoms with Crippen LogP contribution in [0.2, 0.25) is 0 Å². The van der Waals surface area contributed by atoms with Gasteiger partial charge in [0.2, 0.25) is 10.0 Å². The Morgan fingerprint density at radius 2 is 1.84 bits per heavy atom. The first-order chi connectivity index (χ1) is 15.0. The van der Waals surface area contributed by atoms with Crippen LogP contribution in [0.1, 0.15) is 24.2 Å². The van der Waals surface area contributed by atoms with Crippen molar-refractivity contribution >= 4 is 43.5 Å². The number of carbonyl (C=O) groups is 2. The van der Waals surface area contributed by atoms with E-state index in [0.717, 1.165) is 11.3 Å². The van der Waals surface area contributed by atoms with Crippen LogP contribution in [0.5, 0.6) is 0 Å². The maximum atomic E-state index is 13.6. The summed E-state index contributed by atoms with van der Waals surface area (Å²) in [5.41, 5.74) is 0.705. The molecule has 0 fully saturated rings. The van der Waals surface area contributed by atoms with Gasteiger partial charge >= 0.3 is 5.97 Å². The molecule has 0 aliphatic rings. The number of hydrogen-bond donors (Lipinski definition) is 0. The molecule has 3 aromatic rings. The van der Waals surface area contributed by atoms with Crippen molar-refractivity contribution < 1.29 is 27.1 Å². The van der Waals surface area contributed by atoms with Gasteiger partial charge in [0.15, 0.2) is 4.80 Å². The number of thiazole rings is 1. The Bertz CT molecular complexity index is 1340. The Kier molecular flexibility index (Phi) is 6.91. The Balaban J connectivity index is 2.01. The quantitative estimate of drug-likeness (QED) is 0.507. The van der Waals surface area contributed by atoms with Gasteiger partial charge in [0.25, 0.3) is 5.91 Å². The molecule has 32 heavy (non-hydrogen) atoms. The van der Waals surface area contributed by atoms with E-state index in [1.165, 1.54) is 65.5 Å². The number of aromatic nitrogens is 1. The zero-order valence-corrected chi connectivity index (χ0v) is 19.5. The molecular formula is C21H22FN3O5S2. The highest BCUT2D eigenvalue weighted by Crippen LogP contribution is 2.20. The summed E-state index contributed by atoms with van der Waals surface area (Å²) >= 11 is 1.05. The smallest absolute Gasteiger partial charge is 0.325 e. The molecule has 0 unspecified atom stereocenters. The fourth-order valence-corrected chi connectivity index (χ4v) is 5.26. The number of ether oxygens (including phenoxy) is 1. The number of amides is 1. The summed E-state index contributed by atoms with van der Waals surface area (Å²) in [4.78, 5) is 28.9. The van der Waals surface area contributed by atoms with E-state index in [-0.39, 0.29) is 27.8 Å². The summed E-state index contributed by atoms with van der Waals surface area (Å²) in [5, 5.41) is 0. The van der Waals surface area contributed by atoms with Crippen LogP contribution in [0.4, 0.5) is 4.39 Å². The molecule has 11 heteroatoms. The lowest BCUT2D eigenvalue weighted by Gasteiger charge is -2.20. The van der Waals surface area contributed by atoms with Crippen molar-refractivity contribution in [2.24, 2.45) is 4.99 Å². The molecule has 0 atom stereocenters. The van der Waals surface area contributed by atoms with Crippen molar-refractivity contribution in [2.75, 3.05) is 14.2 Å². The average Bonchev–Trinajstić information content (AvgIpc) is 3.08. The highest BCUT2D eigenvalue weighted by Gasteiger charge is 2.23. The van der Waals surface area contributed by atoms with E-state index in [1.54, 1.807) is 13.8 Å². The van der Waals surface area contributed by atoms with Crippen LogP contribution in [0.15, 0.2) is 52.4 Å². The van der Waals surface area contributed by atoms with Crippen molar-refractivity contribution in [1.82, 2.24) is 8.87 Å². The molecule has 1 heterocycles. The normalized spacial score (nSPS) is 12.7. The Morgan fingerprint density at radius 1 is 1.19 bits per heavy atom. The molecule has 2 aromatic carbocycles. The predicted molar refractivity (Wildman–Crippen MR) is 118 cm³/mol. The SMILES string of the molecule is COC(=O)Cn1c(=NC(=O)c2ccc(S(=O)(=O)N(C)C(C)C)cc2)sc2cc(F)ccc21. The van der Waals surface area contributed by atoms with Crippen LogP contribution in [0, 0.1) is 5.82 Å². The standard InChI is InChI=1S/C21H22FN3O5S2/c1-13(2)24(3)32(28,29)16-8-5-14(6-9-16)20(27)23-21-25(12-19(26)30-4)17-10-7-15(22)11-18(17)31-21/h5-11,13H,12H2,1-4H3. The second-order valence-corrected chi connectivity index (χ2v) is 10.2. The molecular weight excluding hydrogens is 457 g/mol. The summed E-state index contributed by atoms with van der Waals surface area (Å²) < 4.78 is 46.7. The third-order valence-electron chi connectivity index (χ3n) is 4.86. The van der Waals surface area contributed by atoms with Crippen LogP contribution in [-0.4, -0.2) is 49.4 Å². The van der Waals surface area contributed by atoms with E-state index in [0.29, 0.717) is 10.2 Å². The van der Waals surface area contributed by atoms with Gasteiger partial charge in [0.1, 0.15) is 12.4 Å². The lowest BCUT2D eigenvalue weighted by Crippen LogP contribution is -2.33. The van der Waals surface area contributed by atoms with Crippen LogP contribution in [-0.2, 0) is 26.1 Å². The van der Waals surface area contributed by atoms with Crippen LogP contribution in [0.3, 0.4) is 0 Å². The molecule has 0 spiro atoms. The van der Waals surface area contributed by atoms with Gasteiger partial charge in [-0.3, -0.25) is 9.59 Å². The summed E-state index contributed by atoms with van der Waals surface area (Å²) in [6.45, 7) is 3.32. The number of methoxy groups -OCH3 is 1. The van der Waals surface area contributed by atoms with Gasteiger partial charge in [-0.1, -0.05) is 11.3 Å².